The summed E-state index contributed by atoms with van der Waals surface area (Å²) in [4.78, 5) is 39.5. The predicted octanol–water partition coefficient (Wildman–Crippen LogP) is 1.94. The second kappa shape index (κ2) is 6.88. The summed E-state index contributed by atoms with van der Waals surface area (Å²) in [7, 11) is 0. The van der Waals surface area contributed by atoms with Crippen LogP contribution in [0, 0.1) is 0 Å². The number of amides is 1. The number of nitrogens with one attached hydrogen (secondary N) is 2. The molecule has 1 atom stereocenters. The number of hydrogen-bond acceptors (Lipinski definition) is 4. The number of ether oxygens (including phenoxy) is 1. The van der Waals surface area contributed by atoms with Crippen LogP contribution < -0.4 is 10.9 Å². The van der Waals surface area contributed by atoms with E-state index in [2.05, 4.69) is 16.4 Å². The van der Waals surface area contributed by atoms with Gasteiger partial charge in [-0.2, -0.15) is 0 Å². The number of aromatic amines is 1. The van der Waals surface area contributed by atoms with Crippen LogP contribution in [0.1, 0.15) is 56.5 Å². The molecular formula is C20H20N2O4. The Bertz CT molecular complexity index is 932. The Kier molecular flexibility index (Phi) is 4.42. The molecule has 0 saturated heterocycles. The minimum Gasteiger partial charge on any atom is -0.371 e. The fourth-order valence-corrected chi connectivity index (χ4v) is 3.67. The van der Waals surface area contributed by atoms with E-state index in [9.17, 15) is 14.4 Å². The van der Waals surface area contributed by atoms with Crippen molar-refractivity contribution in [2.45, 2.75) is 31.8 Å². The maximum absolute atomic E-state index is 12.5. The van der Waals surface area contributed by atoms with Crippen LogP contribution >= 0.6 is 0 Å². The van der Waals surface area contributed by atoms with Crippen molar-refractivity contribution in [3.05, 3.63) is 68.6 Å². The Balaban J connectivity index is 1.52. The van der Waals surface area contributed by atoms with Crippen LogP contribution in [0.25, 0.3) is 0 Å². The minimum atomic E-state index is -0.487. The van der Waals surface area contributed by atoms with Gasteiger partial charge in [0.2, 0.25) is 0 Å². The highest BCUT2D eigenvalue weighted by molar-refractivity contribution is 6.01. The number of carbonyl (C=O) groups excluding carboxylic acids is 2. The zero-order valence-corrected chi connectivity index (χ0v) is 14.3. The lowest BCUT2D eigenvalue weighted by Gasteiger charge is -2.26. The predicted molar refractivity (Wildman–Crippen MR) is 95.5 cm³/mol. The Morgan fingerprint density at radius 3 is 2.92 bits per heavy atom. The second-order valence-corrected chi connectivity index (χ2v) is 6.70. The van der Waals surface area contributed by atoms with Gasteiger partial charge in [0, 0.05) is 24.2 Å². The van der Waals surface area contributed by atoms with Crippen LogP contribution in [0.3, 0.4) is 0 Å². The van der Waals surface area contributed by atoms with E-state index in [4.69, 9.17) is 4.74 Å². The number of aromatic nitrogens is 1. The number of ketones is 1. The molecule has 6 nitrogen and oxygen atoms in total. The summed E-state index contributed by atoms with van der Waals surface area (Å²) in [6.45, 7) is 0.881. The molecule has 1 aromatic carbocycles. The summed E-state index contributed by atoms with van der Waals surface area (Å²) in [5, 5.41) is 2.78. The molecule has 0 saturated carbocycles. The van der Waals surface area contributed by atoms with E-state index in [1.807, 2.05) is 18.2 Å². The second-order valence-electron chi connectivity index (χ2n) is 6.70. The van der Waals surface area contributed by atoms with Crippen molar-refractivity contribution in [2.24, 2.45) is 0 Å². The molecule has 26 heavy (non-hydrogen) atoms. The number of carbonyl (C=O) groups is 2. The third-order valence-corrected chi connectivity index (χ3v) is 5.04. The number of hydrogen-bond donors (Lipinski definition) is 2. The van der Waals surface area contributed by atoms with Crippen LogP contribution in [0.4, 0.5) is 0 Å². The average molecular weight is 352 g/mol. The summed E-state index contributed by atoms with van der Waals surface area (Å²) < 4.78 is 5.77. The molecule has 0 bridgehead atoms. The third kappa shape index (κ3) is 3.08. The van der Waals surface area contributed by atoms with Crippen molar-refractivity contribution in [2.75, 3.05) is 13.2 Å². The Hall–Kier alpha value is -2.73. The van der Waals surface area contributed by atoms with Gasteiger partial charge in [-0.1, -0.05) is 24.3 Å². The van der Waals surface area contributed by atoms with Crippen molar-refractivity contribution in [3.8, 4) is 0 Å². The van der Waals surface area contributed by atoms with E-state index < -0.39 is 11.5 Å². The molecule has 6 heteroatoms. The van der Waals surface area contributed by atoms with E-state index in [-0.39, 0.29) is 24.0 Å². The SMILES string of the molecule is O=C1CCCc2[nH]c(=O)c(C(=O)NCC3OCCc4ccccc43)cc21. The first-order valence-electron chi connectivity index (χ1n) is 8.90. The molecule has 1 aromatic heterocycles. The van der Waals surface area contributed by atoms with Crippen molar-refractivity contribution in [3.63, 3.8) is 0 Å². The number of rotatable bonds is 3. The molecule has 1 aliphatic carbocycles. The van der Waals surface area contributed by atoms with Gasteiger partial charge in [0.15, 0.2) is 5.78 Å². The summed E-state index contributed by atoms with van der Waals surface area (Å²) in [5.41, 5.74) is 2.89. The lowest BCUT2D eigenvalue weighted by atomic mass is 9.93. The summed E-state index contributed by atoms with van der Waals surface area (Å²) in [5.74, 6) is -0.514. The normalized spacial score (nSPS) is 18.8. The van der Waals surface area contributed by atoms with Crippen molar-refractivity contribution < 1.29 is 14.3 Å². The Labute approximate surface area is 150 Å². The minimum absolute atomic E-state index is 0.0249. The zero-order chi connectivity index (χ0) is 18.1. The van der Waals surface area contributed by atoms with Crippen molar-refractivity contribution in [1.29, 1.82) is 0 Å². The first-order chi connectivity index (χ1) is 12.6. The topological polar surface area (TPSA) is 88.3 Å². The summed E-state index contributed by atoms with van der Waals surface area (Å²) >= 11 is 0. The van der Waals surface area contributed by atoms with Gasteiger partial charge in [-0.15, -0.1) is 0 Å². The number of Topliss-reactive ketones (excluding diaryl/α,β-unsaturated/α-hetero) is 1. The lowest BCUT2D eigenvalue weighted by molar-refractivity contribution is 0.0411. The van der Waals surface area contributed by atoms with Crippen LogP contribution in [-0.4, -0.2) is 29.8 Å². The number of H-pyrrole nitrogens is 1. The molecule has 2 aromatic rings. The first kappa shape index (κ1) is 16.7. The quantitative estimate of drug-likeness (QED) is 0.884. The third-order valence-electron chi connectivity index (χ3n) is 5.04. The van der Waals surface area contributed by atoms with Gasteiger partial charge in [-0.05, 0) is 36.5 Å². The number of fused-ring (bicyclic) bond motifs is 2. The van der Waals surface area contributed by atoms with Crippen LogP contribution in [0.2, 0.25) is 0 Å². The Morgan fingerprint density at radius 2 is 2.04 bits per heavy atom. The van der Waals surface area contributed by atoms with E-state index in [0.29, 0.717) is 30.7 Å². The molecule has 4 rings (SSSR count). The molecule has 134 valence electrons. The van der Waals surface area contributed by atoms with Crippen molar-refractivity contribution >= 4 is 11.7 Å². The standard InChI is InChI=1S/C20H20N2O4/c23-17-7-3-6-16-14(17)10-15(20(25)22-16)19(24)21-11-18-13-5-2-1-4-12(13)8-9-26-18/h1-2,4-5,10,18H,3,6-9,11H2,(H,21,24)(H,22,25). The van der Waals surface area contributed by atoms with Gasteiger partial charge in [0.1, 0.15) is 11.7 Å². The van der Waals surface area contributed by atoms with E-state index in [0.717, 1.165) is 18.4 Å². The number of aryl methyl sites for hydroxylation is 1. The number of benzene rings is 1. The van der Waals surface area contributed by atoms with E-state index in [1.54, 1.807) is 0 Å². The molecule has 2 N–H and O–H groups in total. The van der Waals surface area contributed by atoms with Gasteiger partial charge in [0.25, 0.3) is 11.5 Å². The van der Waals surface area contributed by atoms with Gasteiger partial charge in [-0.3, -0.25) is 14.4 Å². The average Bonchev–Trinajstić information content (AvgIpc) is 2.66. The highest BCUT2D eigenvalue weighted by Crippen LogP contribution is 2.26. The van der Waals surface area contributed by atoms with Crippen LogP contribution in [-0.2, 0) is 17.6 Å². The molecule has 1 aliphatic heterocycles. The summed E-state index contributed by atoms with van der Waals surface area (Å²) in [6, 6.07) is 9.43. The smallest absolute Gasteiger partial charge is 0.261 e. The van der Waals surface area contributed by atoms with Crippen molar-refractivity contribution in [1.82, 2.24) is 10.3 Å². The van der Waals surface area contributed by atoms with Gasteiger partial charge >= 0.3 is 0 Å². The first-order valence-corrected chi connectivity index (χ1v) is 8.90. The molecular weight excluding hydrogens is 332 g/mol. The number of pyridine rings is 1. The van der Waals surface area contributed by atoms with Gasteiger partial charge in [-0.25, -0.2) is 0 Å². The monoisotopic (exact) mass is 352 g/mol. The van der Waals surface area contributed by atoms with Crippen LogP contribution in [0.5, 0.6) is 0 Å². The molecule has 0 spiro atoms. The fourth-order valence-electron chi connectivity index (χ4n) is 3.67. The molecule has 0 fully saturated rings. The van der Waals surface area contributed by atoms with Gasteiger partial charge in [0.05, 0.1) is 6.61 Å². The molecule has 1 amide bonds. The van der Waals surface area contributed by atoms with E-state index in [1.165, 1.54) is 11.6 Å². The maximum Gasteiger partial charge on any atom is 0.261 e. The fraction of sp³-hybridized carbons (Fsp3) is 0.350. The Morgan fingerprint density at radius 1 is 1.19 bits per heavy atom. The maximum atomic E-state index is 12.5. The summed E-state index contributed by atoms with van der Waals surface area (Å²) in [6.07, 6.45) is 2.46. The van der Waals surface area contributed by atoms with Gasteiger partial charge < -0.3 is 15.0 Å². The molecule has 2 heterocycles. The highest BCUT2D eigenvalue weighted by Gasteiger charge is 2.24. The van der Waals surface area contributed by atoms with E-state index >= 15 is 0 Å². The van der Waals surface area contributed by atoms with Crippen LogP contribution in [0.15, 0.2) is 35.1 Å². The zero-order valence-electron chi connectivity index (χ0n) is 14.3. The highest BCUT2D eigenvalue weighted by atomic mass is 16.5. The lowest BCUT2D eigenvalue weighted by Crippen LogP contribution is -2.35. The molecule has 2 aliphatic rings. The molecule has 1 unspecified atom stereocenters. The largest absolute Gasteiger partial charge is 0.371 e. The molecule has 0 radical (unpaired) electrons.